The van der Waals surface area contributed by atoms with Crippen molar-refractivity contribution in [3.63, 3.8) is 0 Å². The van der Waals surface area contributed by atoms with Crippen molar-refractivity contribution in [2.45, 2.75) is 20.8 Å². The smallest absolute Gasteiger partial charge is 0.264 e. The Morgan fingerprint density at radius 2 is 2.07 bits per heavy atom. The highest BCUT2D eigenvalue weighted by Gasteiger charge is 2.24. The maximum absolute atomic E-state index is 12.3. The van der Waals surface area contributed by atoms with Crippen molar-refractivity contribution in [3.05, 3.63) is 55.5 Å². The van der Waals surface area contributed by atoms with E-state index in [4.69, 9.17) is 4.74 Å². The summed E-state index contributed by atoms with van der Waals surface area (Å²) in [4.78, 5) is 17.5. The summed E-state index contributed by atoms with van der Waals surface area (Å²) in [7, 11) is 0. The summed E-state index contributed by atoms with van der Waals surface area (Å²) in [6, 6.07) is 9.57. The number of carbonyl (C=O) groups is 1. The molecule has 140 valence electrons. The van der Waals surface area contributed by atoms with Gasteiger partial charge in [0, 0.05) is 0 Å². The molecule has 0 bridgehead atoms. The van der Waals surface area contributed by atoms with Crippen LogP contribution < -0.4 is 10.1 Å². The van der Waals surface area contributed by atoms with E-state index in [1.807, 2.05) is 61.6 Å². The molecule has 0 aromatic heterocycles. The Kier molecular flexibility index (Phi) is 6.11. The molecule has 3 rings (SSSR count). The second-order valence-electron chi connectivity index (χ2n) is 6.05. The van der Waals surface area contributed by atoms with E-state index in [1.54, 1.807) is 18.2 Å². The Balaban J connectivity index is 1.90. The standard InChI is InChI=1S/C20H19IN2O3S/c1-4-26-16-9-13(8-14(21)18(16)24)10-17-19(25)23-20(27-17)22-15-7-11(2)5-6-12(15)3/h5-10,24H,4H2,1-3H3,(H,22,23,25)/b17-10+. The zero-order chi connectivity index (χ0) is 19.6. The molecule has 2 N–H and O–H groups in total. The van der Waals surface area contributed by atoms with Crippen molar-refractivity contribution in [3.8, 4) is 11.5 Å². The molecule has 0 atom stereocenters. The SMILES string of the molecule is CCOc1cc(/C=C2/SC(=Nc3cc(C)ccc3C)NC2=O)cc(I)c1O. The van der Waals surface area contributed by atoms with Gasteiger partial charge in [0.25, 0.3) is 5.91 Å². The molecule has 2 aromatic carbocycles. The van der Waals surface area contributed by atoms with Crippen molar-refractivity contribution in [2.75, 3.05) is 6.61 Å². The highest BCUT2D eigenvalue weighted by Crippen LogP contribution is 2.35. The maximum atomic E-state index is 12.3. The predicted octanol–water partition coefficient (Wildman–Crippen LogP) is 4.90. The number of hydrogen-bond donors (Lipinski definition) is 2. The number of amidine groups is 1. The monoisotopic (exact) mass is 494 g/mol. The fraction of sp³-hybridized carbons (Fsp3) is 0.200. The number of phenols is 1. The predicted molar refractivity (Wildman–Crippen MR) is 119 cm³/mol. The third-order valence-electron chi connectivity index (χ3n) is 3.89. The minimum Gasteiger partial charge on any atom is -0.504 e. The highest BCUT2D eigenvalue weighted by atomic mass is 127. The maximum Gasteiger partial charge on any atom is 0.264 e. The molecule has 1 fully saturated rings. The Labute approximate surface area is 176 Å². The van der Waals surface area contributed by atoms with Gasteiger partial charge in [-0.15, -0.1) is 0 Å². The van der Waals surface area contributed by atoms with E-state index in [-0.39, 0.29) is 11.7 Å². The van der Waals surface area contributed by atoms with Crippen LogP contribution in [0.25, 0.3) is 6.08 Å². The third-order valence-corrected chi connectivity index (χ3v) is 5.62. The number of aryl methyl sites for hydroxylation is 2. The second kappa shape index (κ2) is 8.35. The first kappa shape index (κ1) is 19.8. The third kappa shape index (κ3) is 4.65. The minimum atomic E-state index is -0.190. The number of amides is 1. The number of ether oxygens (including phenoxy) is 1. The van der Waals surface area contributed by atoms with Crippen molar-refractivity contribution in [1.82, 2.24) is 5.32 Å². The Hall–Kier alpha value is -2.00. The van der Waals surface area contributed by atoms with Gasteiger partial charge in [0.1, 0.15) is 0 Å². The number of nitrogens with one attached hydrogen (secondary N) is 1. The van der Waals surface area contributed by atoms with Crippen LogP contribution in [0.5, 0.6) is 11.5 Å². The zero-order valence-electron chi connectivity index (χ0n) is 15.2. The first-order valence-electron chi connectivity index (χ1n) is 8.39. The van der Waals surface area contributed by atoms with E-state index in [0.29, 0.717) is 26.0 Å². The largest absolute Gasteiger partial charge is 0.504 e. The molecule has 0 radical (unpaired) electrons. The van der Waals surface area contributed by atoms with Crippen LogP contribution in [-0.4, -0.2) is 22.8 Å². The van der Waals surface area contributed by atoms with Gasteiger partial charge in [0.05, 0.1) is 20.8 Å². The molecular formula is C20H19IN2O3S. The van der Waals surface area contributed by atoms with E-state index in [2.05, 4.69) is 10.3 Å². The lowest BCUT2D eigenvalue weighted by Crippen LogP contribution is -2.19. The fourth-order valence-electron chi connectivity index (χ4n) is 2.52. The molecule has 27 heavy (non-hydrogen) atoms. The van der Waals surface area contributed by atoms with Gasteiger partial charge >= 0.3 is 0 Å². The van der Waals surface area contributed by atoms with Gasteiger partial charge in [-0.05, 0) is 96.1 Å². The lowest BCUT2D eigenvalue weighted by Gasteiger charge is -2.08. The zero-order valence-corrected chi connectivity index (χ0v) is 18.1. The minimum absolute atomic E-state index is 0.111. The van der Waals surface area contributed by atoms with Gasteiger partial charge in [-0.3, -0.25) is 4.79 Å². The van der Waals surface area contributed by atoms with Crippen LogP contribution in [0.3, 0.4) is 0 Å². The molecular weight excluding hydrogens is 475 g/mol. The van der Waals surface area contributed by atoms with Crippen LogP contribution in [0.1, 0.15) is 23.6 Å². The number of aromatic hydroxyl groups is 1. The van der Waals surface area contributed by atoms with E-state index in [9.17, 15) is 9.90 Å². The number of phenolic OH excluding ortho intramolecular Hbond substituents is 1. The average molecular weight is 494 g/mol. The lowest BCUT2D eigenvalue weighted by molar-refractivity contribution is -0.115. The molecule has 0 saturated carbocycles. The molecule has 0 spiro atoms. The number of hydrogen-bond acceptors (Lipinski definition) is 5. The van der Waals surface area contributed by atoms with Gasteiger partial charge in [-0.2, -0.15) is 0 Å². The lowest BCUT2D eigenvalue weighted by atomic mass is 10.1. The molecule has 1 heterocycles. The topological polar surface area (TPSA) is 70.9 Å². The summed E-state index contributed by atoms with van der Waals surface area (Å²) in [5.74, 6) is 0.328. The van der Waals surface area contributed by atoms with Crippen molar-refractivity contribution in [1.29, 1.82) is 0 Å². The Bertz CT molecular complexity index is 970. The van der Waals surface area contributed by atoms with Crippen molar-refractivity contribution in [2.24, 2.45) is 4.99 Å². The summed E-state index contributed by atoms with van der Waals surface area (Å²) in [5.41, 5.74) is 3.80. The highest BCUT2D eigenvalue weighted by molar-refractivity contribution is 14.1. The number of rotatable bonds is 4. The Morgan fingerprint density at radius 3 is 2.81 bits per heavy atom. The van der Waals surface area contributed by atoms with Crippen LogP contribution in [-0.2, 0) is 4.79 Å². The van der Waals surface area contributed by atoms with Crippen molar-refractivity contribution >= 4 is 57.2 Å². The first-order chi connectivity index (χ1) is 12.9. The number of nitrogens with zero attached hydrogens (tertiary/aromatic N) is 1. The molecule has 5 nitrogen and oxygen atoms in total. The summed E-state index contributed by atoms with van der Waals surface area (Å²) >= 11 is 3.34. The average Bonchev–Trinajstić information content (AvgIpc) is 2.95. The summed E-state index contributed by atoms with van der Waals surface area (Å²) in [6.07, 6.45) is 1.77. The van der Waals surface area contributed by atoms with Crippen molar-refractivity contribution < 1.29 is 14.6 Å². The van der Waals surface area contributed by atoms with Gasteiger partial charge in [-0.1, -0.05) is 12.1 Å². The van der Waals surface area contributed by atoms with Crippen LogP contribution in [0.4, 0.5) is 5.69 Å². The van der Waals surface area contributed by atoms with E-state index in [0.717, 1.165) is 22.4 Å². The van der Waals surface area contributed by atoms with Crippen LogP contribution >= 0.6 is 34.4 Å². The van der Waals surface area contributed by atoms with E-state index >= 15 is 0 Å². The number of carbonyl (C=O) groups excluding carboxylic acids is 1. The molecule has 1 aliphatic heterocycles. The summed E-state index contributed by atoms with van der Waals surface area (Å²) in [6.45, 7) is 6.31. The van der Waals surface area contributed by atoms with E-state index < -0.39 is 0 Å². The molecule has 7 heteroatoms. The fourth-order valence-corrected chi connectivity index (χ4v) is 3.98. The second-order valence-corrected chi connectivity index (χ2v) is 8.25. The summed E-state index contributed by atoms with van der Waals surface area (Å²) < 4.78 is 6.12. The van der Waals surface area contributed by atoms with Gasteiger partial charge < -0.3 is 15.2 Å². The quantitative estimate of drug-likeness (QED) is 0.469. The normalized spacial score (nSPS) is 16.8. The van der Waals surface area contributed by atoms with Crippen LogP contribution in [0.2, 0.25) is 0 Å². The molecule has 0 aliphatic carbocycles. The molecule has 2 aromatic rings. The van der Waals surface area contributed by atoms with Crippen LogP contribution in [0, 0.1) is 17.4 Å². The number of halogens is 1. The van der Waals surface area contributed by atoms with Gasteiger partial charge in [0.2, 0.25) is 0 Å². The molecule has 1 saturated heterocycles. The first-order valence-corrected chi connectivity index (χ1v) is 10.3. The number of thioether (sulfide) groups is 1. The number of aliphatic imine (C=N–C) groups is 1. The molecule has 0 unspecified atom stereocenters. The van der Waals surface area contributed by atoms with Gasteiger partial charge in [0.15, 0.2) is 16.7 Å². The van der Waals surface area contributed by atoms with E-state index in [1.165, 1.54) is 11.8 Å². The number of benzene rings is 2. The molecule has 1 amide bonds. The molecule has 1 aliphatic rings. The summed E-state index contributed by atoms with van der Waals surface area (Å²) in [5, 5.41) is 13.4. The van der Waals surface area contributed by atoms with Gasteiger partial charge in [-0.25, -0.2) is 4.99 Å². The van der Waals surface area contributed by atoms with Crippen LogP contribution in [0.15, 0.2) is 40.2 Å². The Morgan fingerprint density at radius 1 is 1.30 bits per heavy atom.